The first kappa shape index (κ1) is 20.3. The van der Waals surface area contributed by atoms with Crippen LogP contribution in [0.2, 0.25) is 0 Å². The molecule has 0 aromatic heterocycles. The van der Waals surface area contributed by atoms with Crippen LogP contribution in [-0.2, 0) is 14.3 Å². The van der Waals surface area contributed by atoms with Crippen molar-refractivity contribution in [3.63, 3.8) is 0 Å². The number of carbonyl (C=O) groups excluding carboxylic acids is 2. The van der Waals surface area contributed by atoms with E-state index in [1.165, 1.54) is 0 Å². The number of benzene rings is 1. The van der Waals surface area contributed by atoms with Crippen LogP contribution in [0.25, 0.3) is 0 Å². The number of anilines is 1. The highest BCUT2D eigenvalue weighted by Crippen LogP contribution is 2.33. The molecule has 0 bridgehead atoms. The number of morpholine rings is 1. The number of ether oxygens (including phenoxy) is 2. The molecule has 3 aliphatic rings. The van der Waals surface area contributed by atoms with Gasteiger partial charge in [-0.1, -0.05) is 12.1 Å². The molecule has 3 fully saturated rings. The number of likely N-dealkylation sites (tertiary alicyclic amines) is 1. The second-order valence-corrected chi connectivity index (χ2v) is 8.18. The number of rotatable bonds is 7. The van der Waals surface area contributed by atoms with E-state index in [0.717, 1.165) is 52.1 Å². The van der Waals surface area contributed by atoms with Crippen LogP contribution >= 0.6 is 0 Å². The molecule has 2 aliphatic heterocycles. The second-order valence-electron chi connectivity index (χ2n) is 8.18. The Kier molecular flexibility index (Phi) is 6.47. The van der Waals surface area contributed by atoms with Crippen LogP contribution in [-0.4, -0.2) is 87.3 Å². The number of para-hydroxylation sites is 1. The molecule has 158 valence electrons. The Balaban J connectivity index is 1.31. The van der Waals surface area contributed by atoms with Crippen LogP contribution in [0.5, 0.6) is 0 Å². The number of hydrogen-bond donors (Lipinski definition) is 0. The van der Waals surface area contributed by atoms with Crippen LogP contribution in [0.4, 0.5) is 5.69 Å². The van der Waals surface area contributed by atoms with Gasteiger partial charge in [0.2, 0.25) is 5.91 Å². The summed E-state index contributed by atoms with van der Waals surface area (Å²) in [5.41, 5.74) is 1.30. The molecule has 1 aliphatic carbocycles. The summed E-state index contributed by atoms with van der Waals surface area (Å²) < 4.78 is 11.4. The number of nitrogens with zero attached hydrogens (tertiary/aromatic N) is 3. The van der Waals surface area contributed by atoms with E-state index >= 15 is 0 Å². The Morgan fingerprint density at radius 2 is 1.90 bits per heavy atom. The zero-order chi connectivity index (χ0) is 20.2. The lowest BCUT2D eigenvalue weighted by Gasteiger charge is -2.27. The van der Waals surface area contributed by atoms with Gasteiger partial charge < -0.3 is 19.3 Å². The van der Waals surface area contributed by atoms with Gasteiger partial charge in [-0.15, -0.1) is 0 Å². The Labute approximate surface area is 172 Å². The Morgan fingerprint density at radius 1 is 1.14 bits per heavy atom. The highest BCUT2D eigenvalue weighted by Gasteiger charge is 2.34. The Bertz CT molecular complexity index is 731. The van der Waals surface area contributed by atoms with E-state index in [2.05, 4.69) is 4.90 Å². The average molecular weight is 402 g/mol. The van der Waals surface area contributed by atoms with Gasteiger partial charge in [0.05, 0.1) is 37.2 Å². The van der Waals surface area contributed by atoms with Gasteiger partial charge >= 0.3 is 0 Å². The summed E-state index contributed by atoms with van der Waals surface area (Å²) in [5, 5.41) is 0. The fourth-order valence-electron chi connectivity index (χ4n) is 4.06. The molecule has 0 N–H and O–H groups in total. The molecule has 4 rings (SSSR count). The fourth-order valence-corrected chi connectivity index (χ4v) is 4.06. The van der Waals surface area contributed by atoms with Crippen molar-refractivity contribution in [3.8, 4) is 0 Å². The molecule has 1 saturated carbocycles. The van der Waals surface area contributed by atoms with Crippen LogP contribution < -0.4 is 4.90 Å². The molecule has 7 nitrogen and oxygen atoms in total. The first-order chi connectivity index (χ1) is 14.1. The topological polar surface area (TPSA) is 62.3 Å². The van der Waals surface area contributed by atoms with Crippen molar-refractivity contribution in [1.29, 1.82) is 0 Å². The van der Waals surface area contributed by atoms with E-state index in [0.29, 0.717) is 30.9 Å². The summed E-state index contributed by atoms with van der Waals surface area (Å²) in [6.07, 6.45) is 2.84. The van der Waals surface area contributed by atoms with Gasteiger partial charge in [0.15, 0.2) is 0 Å². The van der Waals surface area contributed by atoms with Crippen molar-refractivity contribution in [1.82, 2.24) is 9.80 Å². The fraction of sp³-hybridized carbons (Fsp3) is 0.636. The van der Waals surface area contributed by atoms with Gasteiger partial charge in [-0.3, -0.25) is 14.5 Å². The third-order valence-electron chi connectivity index (χ3n) is 6.05. The van der Waals surface area contributed by atoms with E-state index < -0.39 is 0 Å². The molecule has 0 radical (unpaired) electrons. The van der Waals surface area contributed by atoms with Crippen LogP contribution in [0.3, 0.4) is 0 Å². The highest BCUT2D eigenvalue weighted by atomic mass is 16.5. The smallest absolute Gasteiger partial charge is 0.256 e. The quantitative estimate of drug-likeness (QED) is 0.695. The summed E-state index contributed by atoms with van der Waals surface area (Å²) in [7, 11) is 1.77. The van der Waals surface area contributed by atoms with Gasteiger partial charge in [0, 0.05) is 45.7 Å². The normalized spacial score (nSPS) is 22.7. The maximum atomic E-state index is 13.2. The van der Waals surface area contributed by atoms with Crippen molar-refractivity contribution in [2.24, 2.45) is 5.92 Å². The van der Waals surface area contributed by atoms with E-state index in [9.17, 15) is 9.59 Å². The van der Waals surface area contributed by atoms with Crippen molar-refractivity contribution in [2.45, 2.75) is 25.4 Å². The monoisotopic (exact) mass is 401 g/mol. The van der Waals surface area contributed by atoms with Crippen molar-refractivity contribution >= 4 is 17.5 Å². The predicted octanol–water partition coefficient (Wildman–Crippen LogP) is 1.62. The van der Waals surface area contributed by atoms with Crippen molar-refractivity contribution < 1.29 is 19.1 Å². The van der Waals surface area contributed by atoms with E-state index in [1.807, 2.05) is 29.2 Å². The largest absolute Gasteiger partial charge is 0.379 e. The van der Waals surface area contributed by atoms with Crippen LogP contribution in [0.1, 0.15) is 29.6 Å². The van der Waals surface area contributed by atoms with Crippen LogP contribution in [0.15, 0.2) is 24.3 Å². The molecule has 2 heterocycles. The highest BCUT2D eigenvalue weighted by molar-refractivity contribution is 6.05. The lowest BCUT2D eigenvalue weighted by molar-refractivity contribution is -0.119. The van der Waals surface area contributed by atoms with Crippen molar-refractivity contribution in [2.75, 3.05) is 64.5 Å². The zero-order valence-electron chi connectivity index (χ0n) is 17.2. The minimum Gasteiger partial charge on any atom is -0.379 e. The minimum atomic E-state index is -0.0182. The maximum absolute atomic E-state index is 13.2. The second kappa shape index (κ2) is 9.24. The van der Waals surface area contributed by atoms with E-state index in [1.54, 1.807) is 11.9 Å². The Hall–Kier alpha value is -1.96. The van der Waals surface area contributed by atoms with Crippen molar-refractivity contribution in [3.05, 3.63) is 29.8 Å². The lowest BCUT2D eigenvalue weighted by Crippen LogP contribution is -2.39. The maximum Gasteiger partial charge on any atom is 0.256 e. The molecular weight excluding hydrogens is 370 g/mol. The summed E-state index contributed by atoms with van der Waals surface area (Å²) in [6.45, 7) is 6.40. The van der Waals surface area contributed by atoms with E-state index in [4.69, 9.17) is 9.47 Å². The average Bonchev–Trinajstić information content (AvgIpc) is 3.51. The molecule has 1 atom stereocenters. The van der Waals surface area contributed by atoms with Crippen LogP contribution in [0, 0.1) is 5.92 Å². The zero-order valence-corrected chi connectivity index (χ0v) is 17.2. The molecule has 7 heteroatoms. The molecule has 1 aromatic carbocycles. The number of carbonyl (C=O) groups is 2. The summed E-state index contributed by atoms with van der Waals surface area (Å²) in [4.78, 5) is 31.5. The van der Waals surface area contributed by atoms with Gasteiger partial charge in [0.25, 0.3) is 5.91 Å². The summed E-state index contributed by atoms with van der Waals surface area (Å²) in [6, 6.07) is 7.42. The first-order valence-electron chi connectivity index (χ1n) is 10.7. The molecule has 2 amide bonds. The third-order valence-corrected chi connectivity index (χ3v) is 6.05. The Morgan fingerprint density at radius 3 is 2.66 bits per heavy atom. The summed E-state index contributed by atoms with van der Waals surface area (Å²) >= 11 is 0. The predicted molar refractivity (Wildman–Crippen MR) is 110 cm³/mol. The standard InChI is InChI=1S/C22H31N3O4/c1-23(21(26)17-6-7-17)20-5-3-2-4-19(20)22(27)25-9-8-18(16-25)29-15-12-24-10-13-28-14-11-24/h2-5,17-18H,6-16H2,1H3/t18-/m0/s1. The van der Waals surface area contributed by atoms with Gasteiger partial charge in [-0.05, 0) is 31.4 Å². The van der Waals surface area contributed by atoms with Gasteiger partial charge in [-0.25, -0.2) is 0 Å². The van der Waals surface area contributed by atoms with Gasteiger partial charge in [-0.2, -0.15) is 0 Å². The molecule has 1 aromatic rings. The molecule has 0 spiro atoms. The third kappa shape index (κ3) is 4.97. The first-order valence-corrected chi connectivity index (χ1v) is 10.7. The minimum absolute atomic E-state index is 0.0182. The molecule has 0 unspecified atom stereocenters. The number of hydrogen-bond acceptors (Lipinski definition) is 5. The molecule has 29 heavy (non-hydrogen) atoms. The summed E-state index contributed by atoms with van der Waals surface area (Å²) in [5.74, 6) is 0.213. The molecule has 2 saturated heterocycles. The molecular formula is C22H31N3O4. The lowest BCUT2D eigenvalue weighted by atomic mass is 10.1. The SMILES string of the molecule is CN(C(=O)C1CC1)c1ccccc1C(=O)N1CC[C@H](OCCN2CCOCC2)C1. The number of amides is 2. The van der Waals surface area contributed by atoms with E-state index in [-0.39, 0.29) is 23.8 Å². The van der Waals surface area contributed by atoms with Gasteiger partial charge in [0.1, 0.15) is 0 Å².